The quantitative estimate of drug-likeness (QED) is 0.0509. The van der Waals surface area contributed by atoms with Crippen molar-refractivity contribution in [3.8, 4) is 0 Å². The zero-order chi connectivity index (χ0) is 48.3. The zero-order valence-corrected chi connectivity index (χ0v) is 43.2. The summed E-state index contributed by atoms with van der Waals surface area (Å²) < 4.78 is 0. The van der Waals surface area contributed by atoms with Gasteiger partial charge >= 0.3 is 0 Å². The van der Waals surface area contributed by atoms with Gasteiger partial charge in [0.15, 0.2) is 0 Å². The fraction of sp³-hybridized carbons (Fsp3) is 0.313. The highest BCUT2D eigenvalue weighted by atomic mass is 14.2. The van der Waals surface area contributed by atoms with Crippen LogP contribution in [0.5, 0.6) is 0 Å². The maximum absolute atomic E-state index is 2.52. The van der Waals surface area contributed by atoms with Gasteiger partial charge in [-0.1, -0.05) is 261 Å². The van der Waals surface area contributed by atoms with Crippen LogP contribution in [0.1, 0.15) is 137 Å². The number of hydrogen-bond acceptors (Lipinski definition) is 0. The number of benzene rings is 5. The van der Waals surface area contributed by atoms with Crippen molar-refractivity contribution < 1.29 is 0 Å². The topological polar surface area (TPSA) is 0 Å². The molecule has 0 N–H and O–H groups in total. The Morgan fingerprint density at radius 2 is 0.925 bits per heavy atom. The third-order valence-corrected chi connectivity index (χ3v) is 13.6. The fourth-order valence-corrected chi connectivity index (χ4v) is 8.43. The van der Waals surface area contributed by atoms with E-state index >= 15 is 0 Å². The molecular formula is C67H80. The molecule has 0 heterocycles. The summed E-state index contributed by atoms with van der Waals surface area (Å²) >= 11 is 0. The van der Waals surface area contributed by atoms with E-state index in [0.717, 1.165) is 19.3 Å². The van der Waals surface area contributed by atoms with Crippen molar-refractivity contribution in [3.05, 3.63) is 227 Å². The van der Waals surface area contributed by atoms with E-state index in [-0.39, 0.29) is 0 Å². The van der Waals surface area contributed by atoms with E-state index in [1.807, 2.05) is 0 Å². The van der Waals surface area contributed by atoms with Crippen LogP contribution in [-0.4, -0.2) is 0 Å². The first-order valence-corrected chi connectivity index (χ1v) is 25.4. The van der Waals surface area contributed by atoms with E-state index in [2.05, 4.69) is 265 Å². The first kappa shape index (κ1) is 52.0. The molecule has 0 amide bonds. The Bertz CT molecular complexity index is 2650. The molecule has 0 nitrogen and oxygen atoms in total. The second-order valence-electron chi connectivity index (χ2n) is 19.0. The molecule has 0 saturated heterocycles. The summed E-state index contributed by atoms with van der Waals surface area (Å²) in [4.78, 5) is 0. The van der Waals surface area contributed by atoms with Gasteiger partial charge in [0.05, 0.1) is 0 Å². The van der Waals surface area contributed by atoms with E-state index in [9.17, 15) is 0 Å². The molecule has 0 aliphatic heterocycles. The molecule has 0 aliphatic rings. The Morgan fingerprint density at radius 1 is 0.433 bits per heavy atom. The molecule has 0 fully saturated rings. The van der Waals surface area contributed by atoms with Gasteiger partial charge in [-0.15, -0.1) is 0 Å². The lowest BCUT2D eigenvalue weighted by atomic mass is 9.83. The van der Waals surface area contributed by atoms with Gasteiger partial charge in [-0.2, -0.15) is 0 Å². The summed E-state index contributed by atoms with van der Waals surface area (Å²) in [6, 6.07) is 39.9. The number of hydrogen-bond donors (Lipinski definition) is 0. The average molecular weight is 885 g/mol. The SMILES string of the molecule is CCCC(C)/C=C\C(=C/C(C)C(C)/C=C\C(=C/C(C)CC)c1c2ccccc2c(C(/C=C(/C)CC)=C/C=C(C)/C(C)=C/C(=C\C=C(/C)CC)c2ccccc2)c2ccccc12)c1ccccc1. The Labute approximate surface area is 407 Å². The largest absolute Gasteiger partial charge is 0.0811 e. The van der Waals surface area contributed by atoms with Gasteiger partial charge in [0.1, 0.15) is 0 Å². The lowest BCUT2D eigenvalue weighted by Crippen LogP contribution is -2.03. The molecule has 0 saturated carbocycles. The van der Waals surface area contributed by atoms with Crippen LogP contribution in [0.2, 0.25) is 0 Å². The summed E-state index contributed by atoms with van der Waals surface area (Å²) in [5.41, 5.74) is 15.3. The van der Waals surface area contributed by atoms with E-state index in [1.165, 1.54) is 101 Å². The Hall–Kier alpha value is -5.98. The van der Waals surface area contributed by atoms with Crippen molar-refractivity contribution >= 4 is 43.8 Å². The van der Waals surface area contributed by atoms with Crippen molar-refractivity contribution in [2.45, 2.75) is 115 Å². The van der Waals surface area contributed by atoms with Crippen LogP contribution in [0.3, 0.4) is 0 Å². The Balaban J connectivity index is 1.67. The van der Waals surface area contributed by atoms with Gasteiger partial charge in [0, 0.05) is 0 Å². The summed E-state index contributed by atoms with van der Waals surface area (Å²) in [6.07, 6.45) is 34.1. The highest BCUT2D eigenvalue weighted by Crippen LogP contribution is 2.42. The number of rotatable bonds is 21. The summed E-state index contributed by atoms with van der Waals surface area (Å²) in [5.74, 6) is 1.62. The Kier molecular flexibility index (Phi) is 20.5. The number of fused-ring (bicyclic) bond motifs is 2. The molecule has 67 heavy (non-hydrogen) atoms. The van der Waals surface area contributed by atoms with E-state index in [4.69, 9.17) is 0 Å². The molecule has 0 bridgehead atoms. The predicted octanol–water partition coefficient (Wildman–Crippen LogP) is 20.4. The lowest BCUT2D eigenvalue weighted by molar-refractivity contribution is 0.559. The van der Waals surface area contributed by atoms with Crippen molar-refractivity contribution in [2.75, 3.05) is 0 Å². The molecule has 5 rings (SSSR count). The van der Waals surface area contributed by atoms with Crippen LogP contribution in [-0.2, 0) is 0 Å². The minimum absolute atomic E-state index is 0.317. The van der Waals surface area contributed by atoms with Gasteiger partial charge < -0.3 is 0 Å². The first-order chi connectivity index (χ1) is 32.4. The molecule has 0 aromatic heterocycles. The van der Waals surface area contributed by atoms with Crippen LogP contribution in [0, 0.1) is 23.7 Å². The van der Waals surface area contributed by atoms with Gasteiger partial charge in [-0.05, 0) is 148 Å². The van der Waals surface area contributed by atoms with Gasteiger partial charge in [0.2, 0.25) is 0 Å². The van der Waals surface area contributed by atoms with Crippen LogP contribution in [0.25, 0.3) is 43.8 Å². The fourth-order valence-electron chi connectivity index (χ4n) is 8.43. The molecule has 0 radical (unpaired) electrons. The van der Waals surface area contributed by atoms with Crippen molar-refractivity contribution in [1.29, 1.82) is 0 Å². The van der Waals surface area contributed by atoms with Crippen LogP contribution < -0.4 is 0 Å². The highest BCUT2D eigenvalue weighted by molar-refractivity contribution is 6.17. The molecule has 4 atom stereocenters. The molecule has 0 spiro atoms. The third-order valence-electron chi connectivity index (χ3n) is 13.6. The van der Waals surface area contributed by atoms with Crippen molar-refractivity contribution in [2.24, 2.45) is 23.7 Å². The van der Waals surface area contributed by atoms with Crippen LogP contribution >= 0.6 is 0 Å². The lowest BCUT2D eigenvalue weighted by Gasteiger charge is -2.20. The molecule has 4 unspecified atom stereocenters. The van der Waals surface area contributed by atoms with Gasteiger partial charge in [-0.25, -0.2) is 0 Å². The molecule has 5 aromatic carbocycles. The molecule has 348 valence electrons. The van der Waals surface area contributed by atoms with E-state index in [1.54, 1.807) is 0 Å². The standard InChI is InChI=1S/C67H80/c1-13-27-51(8)37-41-59(57-30-21-18-22-31-57)47-55(12)53(10)39-43-61(45-50(7)16-4)67-64-34-25-23-32-62(64)66(63-33-24-26-35-65(63)67)60(44-49(6)15-3)42-38-52(9)54(11)46-58(40-36-48(5)14-2)56-28-19-17-20-29-56/h17-26,28-47,50-51,53,55H,13-16,27H2,1-12H3/b41-37-,43-39-,48-36+,49-44-,52-38+,54-46+,58-40+,59-47+,60-42+,61-45+. The summed E-state index contributed by atoms with van der Waals surface area (Å²) in [6.45, 7) is 27.4. The van der Waals surface area contributed by atoms with Gasteiger partial charge in [0.25, 0.3) is 0 Å². The second-order valence-corrected chi connectivity index (χ2v) is 19.0. The van der Waals surface area contributed by atoms with Crippen LogP contribution in [0.4, 0.5) is 0 Å². The summed E-state index contributed by atoms with van der Waals surface area (Å²) in [7, 11) is 0. The smallest absolute Gasteiger partial charge is 0.00264 e. The van der Waals surface area contributed by atoms with Crippen molar-refractivity contribution in [1.82, 2.24) is 0 Å². The van der Waals surface area contributed by atoms with E-state index in [0.29, 0.717) is 23.7 Å². The maximum Gasteiger partial charge on any atom is -0.00264 e. The van der Waals surface area contributed by atoms with Crippen molar-refractivity contribution in [3.63, 3.8) is 0 Å². The minimum Gasteiger partial charge on any atom is -0.0811 e. The number of allylic oxidation sites excluding steroid dienone is 20. The molecular weight excluding hydrogens is 805 g/mol. The predicted molar refractivity (Wildman–Crippen MR) is 302 cm³/mol. The molecule has 5 aromatic rings. The summed E-state index contributed by atoms with van der Waals surface area (Å²) in [5, 5.41) is 5.12. The third kappa shape index (κ3) is 14.8. The second kappa shape index (κ2) is 26.4. The molecule has 0 heteroatoms. The van der Waals surface area contributed by atoms with E-state index < -0.39 is 0 Å². The van der Waals surface area contributed by atoms with Gasteiger partial charge in [-0.3, -0.25) is 0 Å². The average Bonchev–Trinajstić information content (AvgIpc) is 3.35. The van der Waals surface area contributed by atoms with Crippen LogP contribution in [0.15, 0.2) is 204 Å². The minimum atomic E-state index is 0.317. The first-order valence-electron chi connectivity index (χ1n) is 25.4. The monoisotopic (exact) mass is 885 g/mol. The zero-order valence-electron chi connectivity index (χ0n) is 43.2. The molecule has 0 aliphatic carbocycles. The Morgan fingerprint density at radius 3 is 1.45 bits per heavy atom. The normalized spacial score (nSPS) is 16.1. The highest BCUT2D eigenvalue weighted by Gasteiger charge is 2.19. The maximum atomic E-state index is 2.52.